The van der Waals surface area contributed by atoms with E-state index in [4.69, 9.17) is 0 Å². The van der Waals surface area contributed by atoms with Crippen molar-refractivity contribution >= 4 is 24.2 Å². The van der Waals surface area contributed by atoms with Crippen molar-refractivity contribution in [3.05, 3.63) is 23.8 Å². The minimum Gasteiger partial charge on any atom is -0.506 e. The number of amides is 1. The van der Waals surface area contributed by atoms with Crippen LogP contribution in [0.15, 0.2) is 12.1 Å². The monoisotopic (exact) mass is 259 g/mol. The van der Waals surface area contributed by atoms with Gasteiger partial charge >= 0.3 is 0 Å². The maximum Gasteiger partial charge on any atom is 0.227 e. The lowest BCUT2D eigenvalue weighted by Gasteiger charge is -2.18. The summed E-state index contributed by atoms with van der Waals surface area (Å²) < 4.78 is 25.9. The van der Waals surface area contributed by atoms with Crippen molar-refractivity contribution in [1.82, 2.24) is 0 Å². The molecule has 1 fully saturated rings. The van der Waals surface area contributed by atoms with Gasteiger partial charge in [-0.25, -0.2) is 8.78 Å². The van der Waals surface area contributed by atoms with Gasteiger partial charge < -0.3 is 10.0 Å². The highest BCUT2D eigenvalue weighted by Gasteiger charge is 2.31. The summed E-state index contributed by atoms with van der Waals surface area (Å²) in [5, 5.41) is 9.53. The van der Waals surface area contributed by atoms with Gasteiger partial charge in [0, 0.05) is 25.1 Å². The van der Waals surface area contributed by atoms with Crippen LogP contribution in [0.5, 0.6) is 5.75 Å². The molecule has 0 aliphatic carbocycles. The molecule has 17 heavy (non-hydrogen) atoms. The maximum atomic E-state index is 13.1. The Morgan fingerprint density at radius 1 is 1.41 bits per heavy atom. The first kappa shape index (κ1) is 12.2. The Labute approximate surface area is 102 Å². The fraction of sp³-hybridized carbons (Fsp3) is 0.364. The van der Waals surface area contributed by atoms with Crippen molar-refractivity contribution in [3.8, 4) is 5.75 Å². The topological polar surface area (TPSA) is 40.5 Å². The third kappa shape index (κ3) is 2.22. The number of thiol groups is 1. The highest BCUT2D eigenvalue weighted by atomic mass is 32.1. The van der Waals surface area contributed by atoms with E-state index >= 15 is 0 Å². The standard InChI is InChI=1S/C11H11F2NO2S/c12-7-2-9(10(15)3-8(7)13)14-4-6(5-17)1-11(14)16/h2-3,6,15,17H,1,4-5H2. The van der Waals surface area contributed by atoms with E-state index in [-0.39, 0.29) is 17.5 Å². The SMILES string of the molecule is O=C1CC(CS)CN1c1cc(F)c(F)cc1O. The summed E-state index contributed by atoms with van der Waals surface area (Å²) in [6.07, 6.45) is 0.307. The van der Waals surface area contributed by atoms with Crippen LogP contribution in [0.1, 0.15) is 6.42 Å². The van der Waals surface area contributed by atoms with E-state index in [0.717, 1.165) is 6.07 Å². The minimum absolute atomic E-state index is 0.0122. The quantitative estimate of drug-likeness (QED) is 0.797. The molecule has 3 nitrogen and oxygen atoms in total. The Morgan fingerprint density at radius 2 is 2.06 bits per heavy atom. The Bertz CT molecular complexity index is 467. The van der Waals surface area contributed by atoms with Crippen LogP contribution in [0.25, 0.3) is 0 Å². The van der Waals surface area contributed by atoms with E-state index in [2.05, 4.69) is 12.6 Å². The number of phenols is 1. The van der Waals surface area contributed by atoms with E-state index in [9.17, 15) is 18.7 Å². The lowest BCUT2D eigenvalue weighted by molar-refractivity contribution is -0.117. The van der Waals surface area contributed by atoms with Crippen molar-refractivity contribution < 1.29 is 18.7 Å². The van der Waals surface area contributed by atoms with E-state index in [1.165, 1.54) is 4.90 Å². The summed E-state index contributed by atoms with van der Waals surface area (Å²) in [5.74, 6) is -2.27. The van der Waals surface area contributed by atoms with Crippen molar-refractivity contribution in [2.45, 2.75) is 6.42 Å². The maximum absolute atomic E-state index is 13.1. The summed E-state index contributed by atoms with van der Waals surface area (Å²) in [5.41, 5.74) is 0.0122. The molecule has 0 radical (unpaired) electrons. The van der Waals surface area contributed by atoms with Gasteiger partial charge in [0.25, 0.3) is 0 Å². The second-order valence-corrected chi connectivity index (χ2v) is 4.38. The van der Waals surface area contributed by atoms with Crippen molar-refractivity contribution in [3.63, 3.8) is 0 Å². The van der Waals surface area contributed by atoms with Crippen LogP contribution in [0.2, 0.25) is 0 Å². The van der Waals surface area contributed by atoms with Gasteiger partial charge in [0.1, 0.15) is 5.75 Å². The number of anilines is 1. The molecule has 1 atom stereocenters. The number of halogens is 2. The smallest absolute Gasteiger partial charge is 0.227 e. The number of benzene rings is 1. The molecule has 1 aliphatic heterocycles. The number of hydrogen-bond donors (Lipinski definition) is 2. The van der Waals surface area contributed by atoms with E-state index in [0.29, 0.717) is 24.8 Å². The summed E-state index contributed by atoms with van der Waals surface area (Å²) >= 11 is 4.10. The first-order valence-corrected chi connectivity index (χ1v) is 5.75. The number of nitrogens with zero attached hydrogens (tertiary/aromatic N) is 1. The highest BCUT2D eigenvalue weighted by molar-refractivity contribution is 7.80. The Balaban J connectivity index is 2.35. The molecule has 1 aromatic carbocycles. The molecule has 1 N–H and O–H groups in total. The number of aromatic hydroxyl groups is 1. The molecule has 1 unspecified atom stereocenters. The van der Waals surface area contributed by atoms with Crippen molar-refractivity contribution in [2.75, 3.05) is 17.2 Å². The Kier molecular flexibility index (Phi) is 3.24. The Hall–Kier alpha value is -1.30. The highest BCUT2D eigenvalue weighted by Crippen LogP contribution is 2.34. The number of hydrogen-bond acceptors (Lipinski definition) is 3. The minimum atomic E-state index is -1.14. The first-order chi connectivity index (χ1) is 8.02. The lowest BCUT2D eigenvalue weighted by Crippen LogP contribution is -2.25. The van der Waals surface area contributed by atoms with Gasteiger partial charge in [-0.05, 0) is 11.7 Å². The van der Waals surface area contributed by atoms with Crippen LogP contribution in [0.3, 0.4) is 0 Å². The number of carbonyl (C=O) groups excluding carboxylic acids is 1. The predicted molar refractivity (Wildman–Crippen MR) is 62.3 cm³/mol. The second-order valence-electron chi connectivity index (χ2n) is 4.01. The van der Waals surface area contributed by atoms with Crippen molar-refractivity contribution in [1.29, 1.82) is 0 Å². The molecule has 0 saturated carbocycles. The fourth-order valence-electron chi connectivity index (χ4n) is 1.88. The molecule has 0 bridgehead atoms. The van der Waals surface area contributed by atoms with Gasteiger partial charge in [0.05, 0.1) is 5.69 Å². The molecule has 0 spiro atoms. The van der Waals surface area contributed by atoms with Crippen LogP contribution < -0.4 is 4.90 Å². The molecule has 92 valence electrons. The molecular weight excluding hydrogens is 248 g/mol. The molecule has 1 amide bonds. The summed E-state index contributed by atoms with van der Waals surface area (Å²) in [6.45, 7) is 0.362. The van der Waals surface area contributed by atoms with E-state index in [1.54, 1.807) is 0 Å². The molecule has 1 saturated heterocycles. The van der Waals surface area contributed by atoms with Gasteiger partial charge in [-0.3, -0.25) is 4.79 Å². The average Bonchev–Trinajstić information content (AvgIpc) is 2.65. The van der Waals surface area contributed by atoms with Crippen LogP contribution in [-0.4, -0.2) is 23.3 Å². The zero-order chi connectivity index (χ0) is 12.6. The Morgan fingerprint density at radius 3 is 2.65 bits per heavy atom. The average molecular weight is 259 g/mol. The van der Waals surface area contributed by atoms with Gasteiger partial charge in [0.15, 0.2) is 11.6 Å². The lowest BCUT2D eigenvalue weighted by atomic mass is 10.1. The molecule has 2 rings (SSSR count). The van der Waals surface area contributed by atoms with Crippen LogP contribution in [0, 0.1) is 17.6 Å². The molecular formula is C11H11F2NO2S. The van der Waals surface area contributed by atoms with Gasteiger partial charge in [-0.2, -0.15) is 12.6 Å². The molecule has 1 aliphatic rings. The number of phenolic OH excluding ortho intramolecular Hbond substituents is 1. The van der Waals surface area contributed by atoms with E-state index in [1.807, 2.05) is 0 Å². The van der Waals surface area contributed by atoms with Gasteiger partial charge in [-0.1, -0.05) is 0 Å². The second kappa shape index (κ2) is 4.52. The van der Waals surface area contributed by atoms with Gasteiger partial charge in [-0.15, -0.1) is 0 Å². The third-order valence-electron chi connectivity index (χ3n) is 2.77. The zero-order valence-electron chi connectivity index (χ0n) is 8.86. The number of rotatable bonds is 2. The zero-order valence-corrected chi connectivity index (χ0v) is 9.75. The number of carbonyl (C=O) groups is 1. The molecule has 1 heterocycles. The van der Waals surface area contributed by atoms with E-state index < -0.39 is 17.4 Å². The van der Waals surface area contributed by atoms with Crippen LogP contribution in [0.4, 0.5) is 14.5 Å². The molecule has 1 aromatic rings. The van der Waals surface area contributed by atoms with Crippen LogP contribution >= 0.6 is 12.6 Å². The van der Waals surface area contributed by atoms with Crippen molar-refractivity contribution in [2.24, 2.45) is 5.92 Å². The molecule has 0 aromatic heterocycles. The largest absolute Gasteiger partial charge is 0.506 e. The van der Waals surface area contributed by atoms with Gasteiger partial charge in [0.2, 0.25) is 5.91 Å². The normalized spacial score (nSPS) is 20.1. The third-order valence-corrected chi connectivity index (χ3v) is 3.29. The molecule has 6 heteroatoms. The summed E-state index contributed by atoms with van der Waals surface area (Å²) in [4.78, 5) is 12.9. The fourth-order valence-corrected chi connectivity index (χ4v) is 2.12. The summed E-state index contributed by atoms with van der Waals surface area (Å²) in [7, 11) is 0. The predicted octanol–water partition coefficient (Wildman–Crippen LogP) is 1.95. The first-order valence-electron chi connectivity index (χ1n) is 5.12. The summed E-state index contributed by atoms with van der Waals surface area (Å²) in [6, 6.07) is 1.51. The van der Waals surface area contributed by atoms with Crippen LogP contribution in [-0.2, 0) is 4.79 Å².